The van der Waals surface area contributed by atoms with Gasteiger partial charge in [-0.05, 0) is 19.8 Å². The highest BCUT2D eigenvalue weighted by Gasteiger charge is 2.29. The van der Waals surface area contributed by atoms with Gasteiger partial charge < -0.3 is 25.6 Å². The Bertz CT molecular complexity index is 288. The summed E-state index contributed by atoms with van der Waals surface area (Å²) >= 11 is 0. The summed E-state index contributed by atoms with van der Waals surface area (Å²) in [6.45, 7) is 2.78. The van der Waals surface area contributed by atoms with Gasteiger partial charge in [0.1, 0.15) is 0 Å². The molecule has 17 heavy (non-hydrogen) atoms. The number of amides is 2. The molecule has 7 nitrogen and oxygen atoms in total. The average molecular weight is 246 g/mol. The number of aliphatic carboxylic acids is 1. The van der Waals surface area contributed by atoms with Crippen molar-refractivity contribution < 1.29 is 24.5 Å². The van der Waals surface area contributed by atoms with Gasteiger partial charge in [0.2, 0.25) is 0 Å². The van der Waals surface area contributed by atoms with Crippen LogP contribution < -0.4 is 10.6 Å². The van der Waals surface area contributed by atoms with Crippen LogP contribution in [0.5, 0.6) is 0 Å². The van der Waals surface area contributed by atoms with Gasteiger partial charge in [-0.3, -0.25) is 0 Å². The van der Waals surface area contributed by atoms with Crippen molar-refractivity contribution in [2.45, 2.75) is 31.4 Å². The molecule has 0 saturated carbocycles. The van der Waals surface area contributed by atoms with Gasteiger partial charge in [-0.1, -0.05) is 0 Å². The summed E-state index contributed by atoms with van der Waals surface area (Å²) in [7, 11) is 0. The van der Waals surface area contributed by atoms with Crippen molar-refractivity contribution >= 4 is 12.0 Å². The predicted octanol–water partition coefficient (Wildman–Crippen LogP) is -0.700. The smallest absolute Gasteiger partial charge is 0.334 e. The largest absolute Gasteiger partial charge is 0.479 e. The van der Waals surface area contributed by atoms with E-state index in [1.807, 2.05) is 6.92 Å². The molecule has 0 spiro atoms. The molecular weight excluding hydrogens is 228 g/mol. The standard InChI is InChI=1S/C10H18N2O5/c1-10(2-4-17-5-3-10)12-9(16)11-6-7(13)8(14)15/h7,13H,2-6H2,1H3,(H,14,15)(H2,11,12,16). The molecule has 1 aliphatic heterocycles. The molecular formula is C10H18N2O5. The Morgan fingerprint density at radius 1 is 1.41 bits per heavy atom. The molecule has 1 heterocycles. The van der Waals surface area contributed by atoms with Crippen LogP contribution in [0, 0.1) is 0 Å². The number of hydrogen-bond acceptors (Lipinski definition) is 4. The Morgan fingerprint density at radius 3 is 2.53 bits per heavy atom. The Kier molecular flexibility index (Phi) is 4.71. The lowest BCUT2D eigenvalue weighted by molar-refractivity contribution is -0.146. The summed E-state index contributed by atoms with van der Waals surface area (Å²) in [6.07, 6.45) is -0.160. The summed E-state index contributed by atoms with van der Waals surface area (Å²) in [6, 6.07) is -0.477. The number of urea groups is 1. The summed E-state index contributed by atoms with van der Waals surface area (Å²) in [5, 5.41) is 22.5. The molecule has 1 rings (SSSR count). The second-order valence-corrected chi connectivity index (χ2v) is 4.36. The highest BCUT2D eigenvalue weighted by molar-refractivity contribution is 5.77. The summed E-state index contributed by atoms with van der Waals surface area (Å²) in [5.74, 6) is -1.36. The quantitative estimate of drug-likeness (QED) is 0.524. The van der Waals surface area contributed by atoms with Crippen molar-refractivity contribution in [1.29, 1.82) is 0 Å². The number of aliphatic hydroxyl groups is 1. The molecule has 1 fully saturated rings. The first-order valence-corrected chi connectivity index (χ1v) is 5.47. The third-order valence-electron chi connectivity index (χ3n) is 2.75. The topological polar surface area (TPSA) is 108 Å². The Balaban J connectivity index is 2.31. The van der Waals surface area contributed by atoms with Crippen molar-refractivity contribution in [2.75, 3.05) is 19.8 Å². The zero-order valence-corrected chi connectivity index (χ0v) is 9.73. The van der Waals surface area contributed by atoms with Gasteiger partial charge in [-0.15, -0.1) is 0 Å². The van der Waals surface area contributed by atoms with E-state index in [-0.39, 0.29) is 12.1 Å². The first-order valence-electron chi connectivity index (χ1n) is 5.47. The van der Waals surface area contributed by atoms with Crippen LogP contribution in [0.4, 0.5) is 4.79 Å². The first kappa shape index (κ1) is 13.7. The van der Waals surface area contributed by atoms with Crippen molar-refractivity contribution in [3.8, 4) is 0 Å². The van der Waals surface area contributed by atoms with E-state index in [1.165, 1.54) is 0 Å². The maximum atomic E-state index is 11.5. The number of ether oxygens (including phenoxy) is 1. The minimum absolute atomic E-state index is 0.312. The summed E-state index contributed by atoms with van der Waals surface area (Å²) in [5.41, 5.74) is -0.337. The van der Waals surface area contributed by atoms with Gasteiger partial charge in [0.15, 0.2) is 6.10 Å². The molecule has 0 aromatic heterocycles. The molecule has 0 aromatic carbocycles. The Morgan fingerprint density at radius 2 is 2.00 bits per heavy atom. The highest BCUT2D eigenvalue weighted by Crippen LogP contribution is 2.19. The van der Waals surface area contributed by atoms with Crippen molar-refractivity contribution in [1.82, 2.24) is 10.6 Å². The molecule has 2 amide bonds. The molecule has 0 bridgehead atoms. The molecule has 4 N–H and O–H groups in total. The Hall–Kier alpha value is -1.34. The second kappa shape index (κ2) is 5.83. The van der Waals surface area contributed by atoms with E-state index >= 15 is 0 Å². The van der Waals surface area contributed by atoms with Crippen molar-refractivity contribution in [3.05, 3.63) is 0 Å². The van der Waals surface area contributed by atoms with Crippen LogP contribution in [-0.4, -0.2) is 53.6 Å². The maximum Gasteiger partial charge on any atom is 0.334 e. The lowest BCUT2D eigenvalue weighted by Gasteiger charge is -2.34. The van der Waals surface area contributed by atoms with E-state index in [0.717, 1.165) is 0 Å². The number of carboxylic acids is 1. The van der Waals surface area contributed by atoms with E-state index in [9.17, 15) is 9.59 Å². The normalized spacial score (nSPS) is 20.4. The number of nitrogens with one attached hydrogen (secondary N) is 2. The molecule has 0 aromatic rings. The summed E-state index contributed by atoms with van der Waals surface area (Å²) in [4.78, 5) is 21.8. The minimum Gasteiger partial charge on any atom is -0.479 e. The SMILES string of the molecule is CC1(NC(=O)NCC(O)C(=O)O)CCOCC1. The number of carboxylic acid groups (broad SMARTS) is 1. The Labute approximate surface area is 99.1 Å². The second-order valence-electron chi connectivity index (χ2n) is 4.36. The molecule has 0 aliphatic carbocycles. The number of carbonyl (C=O) groups is 2. The molecule has 0 radical (unpaired) electrons. The molecule has 7 heteroatoms. The third kappa shape index (κ3) is 4.58. The zero-order valence-electron chi connectivity index (χ0n) is 9.73. The van der Waals surface area contributed by atoms with Crippen LogP contribution in [0.1, 0.15) is 19.8 Å². The highest BCUT2D eigenvalue weighted by atomic mass is 16.5. The fraction of sp³-hybridized carbons (Fsp3) is 0.800. The van der Waals surface area contributed by atoms with Gasteiger partial charge in [-0.2, -0.15) is 0 Å². The fourth-order valence-corrected chi connectivity index (χ4v) is 1.54. The van der Waals surface area contributed by atoms with Crippen LogP contribution in [0.25, 0.3) is 0 Å². The van der Waals surface area contributed by atoms with Gasteiger partial charge in [0.05, 0.1) is 6.54 Å². The average Bonchev–Trinajstić information content (AvgIpc) is 2.26. The van der Waals surface area contributed by atoms with E-state index < -0.39 is 18.1 Å². The van der Waals surface area contributed by atoms with E-state index in [4.69, 9.17) is 14.9 Å². The van der Waals surface area contributed by atoms with Crippen LogP contribution >= 0.6 is 0 Å². The van der Waals surface area contributed by atoms with E-state index in [0.29, 0.717) is 26.1 Å². The number of hydrogen-bond donors (Lipinski definition) is 4. The van der Waals surface area contributed by atoms with Gasteiger partial charge in [0, 0.05) is 18.8 Å². The van der Waals surface area contributed by atoms with Gasteiger partial charge >= 0.3 is 12.0 Å². The fourth-order valence-electron chi connectivity index (χ4n) is 1.54. The number of carbonyl (C=O) groups excluding carboxylic acids is 1. The molecule has 1 saturated heterocycles. The zero-order chi connectivity index (χ0) is 12.9. The van der Waals surface area contributed by atoms with Crippen LogP contribution in [0.15, 0.2) is 0 Å². The van der Waals surface area contributed by atoms with E-state index in [2.05, 4.69) is 10.6 Å². The molecule has 1 aliphatic rings. The number of rotatable bonds is 4. The lowest BCUT2D eigenvalue weighted by atomic mass is 9.93. The minimum atomic E-state index is -1.58. The first-order chi connectivity index (χ1) is 7.93. The maximum absolute atomic E-state index is 11.5. The lowest BCUT2D eigenvalue weighted by Crippen LogP contribution is -2.54. The van der Waals surface area contributed by atoms with Crippen LogP contribution in [-0.2, 0) is 9.53 Å². The monoisotopic (exact) mass is 246 g/mol. The summed E-state index contributed by atoms with van der Waals surface area (Å²) < 4.78 is 5.19. The number of aliphatic hydroxyl groups excluding tert-OH is 1. The van der Waals surface area contributed by atoms with Crippen molar-refractivity contribution in [3.63, 3.8) is 0 Å². The van der Waals surface area contributed by atoms with Crippen LogP contribution in [0.2, 0.25) is 0 Å². The molecule has 1 unspecified atom stereocenters. The predicted molar refractivity (Wildman–Crippen MR) is 58.6 cm³/mol. The van der Waals surface area contributed by atoms with E-state index in [1.54, 1.807) is 0 Å². The van der Waals surface area contributed by atoms with Gasteiger partial charge in [0.25, 0.3) is 0 Å². The van der Waals surface area contributed by atoms with Crippen LogP contribution in [0.3, 0.4) is 0 Å². The molecule has 98 valence electrons. The molecule has 1 atom stereocenters. The third-order valence-corrected chi connectivity index (χ3v) is 2.75. The van der Waals surface area contributed by atoms with Crippen molar-refractivity contribution in [2.24, 2.45) is 0 Å². The van der Waals surface area contributed by atoms with Gasteiger partial charge in [-0.25, -0.2) is 9.59 Å².